The van der Waals surface area contributed by atoms with Crippen LogP contribution in [-0.2, 0) is 0 Å². The SMILES string of the molecule is COc1ccc(-c2nnc(SCC(=O)c3cccc([N+](=O)[O-])c3)n2-c2ccc(C)cc2)cc1. The molecule has 0 saturated carbocycles. The molecule has 0 N–H and O–H groups in total. The zero-order chi connectivity index (χ0) is 23.4. The lowest BCUT2D eigenvalue weighted by molar-refractivity contribution is -0.384. The van der Waals surface area contributed by atoms with Crippen LogP contribution in [0.2, 0.25) is 0 Å². The van der Waals surface area contributed by atoms with E-state index in [-0.39, 0.29) is 22.8 Å². The van der Waals surface area contributed by atoms with Crippen molar-refractivity contribution in [3.8, 4) is 22.8 Å². The summed E-state index contributed by atoms with van der Waals surface area (Å²) >= 11 is 1.23. The molecule has 4 rings (SSSR count). The fraction of sp³-hybridized carbons (Fsp3) is 0.125. The van der Waals surface area contributed by atoms with E-state index < -0.39 is 4.92 Å². The van der Waals surface area contributed by atoms with Crippen molar-refractivity contribution in [1.82, 2.24) is 14.8 Å². The number of aryl methyl sites for hydroxylation is 1. The second-order valence-corrected chi connectivity index (χ2v) is 8.17. The number of thioether (sulfide) groups is 1. The van der Waals surface area contributed by atoms with E-state index in [9.17, 15) is 14.9 Å². The summed E-state index contributed by atoms with van der Waals surface area (Å²) < 4.78 is 7.14. The Hall–Kier alpha value is -3.98. The number of Topliss-reactive ketones (excluding diaryl/α,β-unsaturated/α-hetero) is 1. The number of methoxy groups -OCH3 is 1. The van der Waals surface area contributed by atoms with Gasteiger partial charge in [0.1, 0.15) is 5.75 Å². The lowest BCUT2D eigenvalue weighted by Crippen LogP contribution is -2.05. The molecule has 0 atom stereocenters. The van der Waals surface area contributed by atoms with Gasteiger partial charge in [0.05, 0.1) is 17.8 Å². The van der Waals surface area contributed by atoms with E-state index in [0.29, 0.717) is 11.0 Å². The molecule has 0 fully saturated rings. The Balaban J connectivity index is 1.65. The Bertz CT molecular complexity index is 1300. The van der Waals surface area contributed by atoms with E-state index in [1.165, 1.54) is 30.0 Å². The second-order valence-electron chi connectivity index (χ2n) is 7.22. The van der Waals surface area contributed by atoms with Gasteiger partial charge in [-0.1, -0.05) is 41.6 Å². The van der Waals surface area contributed by atoms with E-state index >= 15 is 0 Å². The van der Waals surface area contributed by atoms with Gasteiger partial charge in [0.25, 0.3) is 5.69 Å². The molecule has 166 valence electrons. The minimum absolute atomic E-state index is 0.0633. The summed E-state index contributed by atoms with van der Waals surface area (Å²) in [7, 11) is 1.61. The van der Waals surface area contributed by atoms with Gasteiger partial charge in [0.2, 0.25) is 0 Å². The molecule has 1 heterocycles. The number of benzene rings is 3. The van der Waals surface area contributed by atoms with Crippen molar-refractivity contribution >= 4 is 23.2 Å². The highest BCUT2D eigenvalue weighted by atomic mass is 32.2. The third-order valence-electron chi connectivity index (χ3n) is 4.99. The molecule has 0 saturated heterocycles. The van der Waals surface area contributed by atoms with Gasteiger partial charge in [-0.15, -0.1) is 10.2 Å². The number of rotatable bonds is 8. The summed E-state index contributed by atoms with van der Waals surface area (Å²) in [4.78, 5) is 23.2. The van der Waals surface area contributed by atoms with Crippen LogP contribution < -0.4 is 4.74 Å². The molecule has 0 bridgehead atoms. The van der Waals surface area contributed by atoms with Crippen molar-refractivity contribution in [2.24, 2.45) is 0 Å². The second kappa shape index (κ2) is 9.66. The first-order chi connectivity index (χ1) is 16.0. The molecule has 4 aromatic rings. The van der Waals surface area contributed by atoms with Gasteiger partial charge in [0, 0.05) is 28.9 Å². The maximum absolute atomic E-state index is 12.7. The standard InChI is InChI=1S/C24H20N4O4S/c1-16-6-10-19(11-7-16)27-23(17-8-12-21(32-2)13-9-17)25-26-24(27)33-15-22(29)18-4-3-5-20(14-18)28(30)31/h3-14H,15H2,1-2H3. The summed E-state index contributed by atoms with van der Waals surface area (Å²) in [5.74, 6) is 1.20. The highest BCUT2D eigenvalue weighted by molar-refractivity contribution is 7.99. The first-order valence-corrected chi connectivity index (χ1v) is 11.0. The van der Waals surface area contributed by atoms with E-state index in [4.69, 9.17) is 4.74 Å². The fourth-order valence-corrected chi connectivity index (χ4v) is 4.07. The molecular weight excluding hydrogens is 440 g/mol. The predicted molar refractivity (Wildman–Crippen MR) is 126 cm³/mol. The van der Waals surface area contributed by atoms with Gasteiger partial charge in [-0.2, -0.15) is 0 Å². The number of carbonyl (C=O) groups excluding carboxylic acids is 1. The maximum atomic E-state index is 12.7. The minimum Gasteiger partial charge on any atom is -0.497 e. The monoisotopic (exact) mass is 460 g/mol. The molecule has 3 aromatic carbocycles. The summed E-state index contributed by atoms with van der Waals surface area (Å²) in [6.07, 6.45) is 0. The third kappa shape index (κ3) is 4.93. The number of nitro groups is 1. The largest absolute Gasteiger partial charge is 0.497 e. The number of aromatic nitrogens is 3. The van der Waals surface area contributed by atoms with Crippen LogP contribution in [0.25, 0.3) is 17.1 Å². The van der Waals surface area contributed by atoms with E-state index in [2.05, 4.69) is 10.2 Å². The van der Waals surface area contributed by atoms with Crippen molar-refractivity contribution in [1.29, 1.82) is 0 Å². The normalized spacial score (nSPS) is 10.7. The summed E-state index contributed by atoms with van der Waals surface area (Å²) in [6, 6.07) is 21.2. The van der Waals surface area contributed by atoms with Crippen LogP contribution in [-0.4, -0.2) is 38.3 Å². The van der Waals surface area contributed by atoms with Crippen LogP contribution in [0.15, 0.2) is 78.0 Å². The molecule has 0 spiro atoms. The van der Waals surface area contributed by atoms with Crippen molar-refractivity contribution in [2.45, 2.75) is 12.1 Å². The molecule has 0 aliphatic heterocycles. The number of hydrogen-bond donors (Lipinski definition) is 0. The molecule has 9 heteroatoms. The predicted octanol–water partition coefficient (Wildman–Crippen LogP) is 5.13. The number of ether oxygens (including phenoxy) is 1. The molecule has 0 aliphatic rings. The molecule has 33 heavy (non-hydrogen) atoms. The number of hydrogen-bond acceptors (Lipinski definition) is 7. The number of nitro benzene ring substituents is 1. The maximum Gasteiger partial charge on any atom is 0.270 e. The average Bonchev–Trinajstić information content (AvgIpc) is 3.27. The van der Waals surface area contributed by atoms with Gasteiger partial charge in [-0.3, -0.25) is 19.5 Å². The quantitative estimate of drug-likeness (QED) is 0.155. The Kier molecular flexibility index (Phi) is 6.50. The smallest absolute Gasteiger partial charge is 0.270 e. The number of non-ortho nitro benzene ring substituents is 1. The number of carbonyl (C=O) groups is 1. The summed E-state index contributed by atoms with van der Waals surface area (Å²) in [5.41, 5.74) is 3.00. The zero-order valence-corrected chi connectivity index (χ0v) is 18.8. The molecule has 0 unspecified atom stereocenters. The van der Waals surface area contributed by atoms with Gasteiger partial charge in [-0.25, -0.2) is 0 Å². The lowest BCUT2D eigenvalue weighted by atomic mass is 10.1. The average molecular weight is 461 g/mol. The molecule has 0 radical (unpaired) electrons. The zero-order valence-electron chi connectivity index (χ0n) is 18.0. The lowest BCUT2D eigenvalue weighted by Gasteiger charge is -2.11. The Labute approximate surface area is 194 Å². The van der Waals surface area contributed by atoms with Crippen molar-refractivity contribution in [3.05, 3.63) is 94.0 Å². The Morgan fingerprint density at radius 3 is 2.45 bits per heavy atom. The van der Waals surface area contributed by atoms with Crippen LogP contribution in [0, 0.1) is 17.0 Å². The highest BCUT2D eigenvalue weighted by Crippen LogP contribution is 2.29. The van der Waals surface area contributed by atoms with Gasteiger partial charge < -0.3 is 4.74 Å². The van der Waals surface area contributed by atoms with E-state index in [1.807, 2.05) is 60.0 Å². The van der Waals surface area contributed by atoms with Gasteiger partial charge in [0.15, 0.2) is 16.8 Å². The van der Waals surface area contributed by atoms with Crippen molar-refractivity contribution in [3.63, 3.8) is 0 Å². The van der Waals surface area contributed by atoms with Gasteiger partial charge in [-0.05, 0) is 43.3 Å². The van der Waals surface area contributed by atoms with Crippen LogP contribution in [0.5, 0.6) is 5.75 Å². The minimum atomic E-state index is -0.515. The number of nitrogens with zero attached hydrogens (tertiary/aromatic N) is 4. The van der Waals surface area contributed by atoms with E-state index in [0.717, 1.165) is 22.6 Å². The first kappa shape index (κ1) is 22.2. The molecule has 0 amide bonds. The highest BCUT2D eigenvalue weighted by Gasteiger charge is 2.19. The van der Waals surface area contributed by atoms with Crippen LogP contribution in [0.3, 0.4) is 0 Å². The first-order valence-electron chi connectivity index (χ1n) is 10.0. The Morgan fingerprint density at radius 1 is 1.06 bits per heavy atom. The molecule has 1 aromatic heterocycles. The topological polar surface area (TPSA) is 100 Å². The third-order valence-corrected chi connectivity index (χ3v) is 5.91. The van der Waals surface area contributed by atoms with Crippen LogP contribution in [0.4, 0.5) is 5.69 Å². The Morgan fingerprint density at radius 2 is 1.79 bits per heavy atom. The molecule has 0 aliphatic carbocycles. The van der Waals surface area contributed by atoms with Crippen molar-refractivity contribution < 1.29 is 14.5 Å². The van der Waals surface area contributed by atoms with Crippen LogP contribution in [0.1, 0.15) is 15.9 Å². The summed E-state index contributed by atoms with van der Waals surface area (Å²) in [5, 5.41) is 20.3. The summed E-state index contributed by atoms with van der Waals surface area (Å²) in [6.45, 7) is 2.01. The number of ketones is 1. The van der Waals surface area contributed by atoms with Crippen molar-refractivity contribution in [2.75, 3.05) is 12.9 Å². The van der Waals surface area contributed by atoms with E-state index in [1.54, 1.807) is 13.2 Å². The molecular formula is C24H20N4O4S. The molecule has 8 nitrogen and oxygen atoms in total. The van der Waals surface area contributed by atoms with Crippen LogP contribution >= 0.6 is 11.8 Å². The fourth-order valence-electron chi connectivity index (χ4n) is 3.22. The van der Waals surface area contributed by atoms with Gasteiger partial charge >= 0.3 is 0 Å².